The molecule has 0 N–H and O–H groups in total. The Hall–Kier alpha value is -3.13. The van der Waals surface area contributed by atoms with Gasteiger partial charge in [-0.05, 0) is 17.7 Å². The molecular formula is C19H14F2N2O3S. The van der Waals surface area contributed by atoms with Gasteiger partial charge in [-0.2, -0.15) is 0 Å². The van der Waals surface area contributed by atoms with Crippen LogP contribution in [0.4, 0.5) is 14.5 Å². The monoisotopic (exact) mass is 388 g/mol. The van der Waals surface area contributed by atoms with Gasteiger partial charge >= 0.3 is 5.97 Å². The lowest BCUT2D eigenvalue weighted by Gasteiger charge is -2.08. The van der Waals surface area contributed by atoms with Crippen molar-refractivity contribution < 1.29 is 18.3 Å². The molecule has 3 rings (SSSR count). The zero-order valence-corrected chi connectivity index (χ0v) is 15.0. The molecule has 0 amide bonds. The molecule has 0 radical (unpaired) electrons. The molecular weight excluding hydrogens is 374 g/mol. The molecule has 0 bridgehead atoms. The molecule has 0 aliphatic rings. The first-order valence-corrected chi connectivity index (χ1v) is 8.66. The van der Waals surface area contributed by atoms with Gasteiger partial charge in [0.05, 0.1) is 19.3 Å². The van der Waals surface area contributed by atoms with E-state index >= 15 is 0 Å². The third kappa shape index (κ3) is 4.35. The average Bonchev–Trinajstić information content (AvgIpc) is 2.67. The maximum absolute atomic E-state index is 13.5. The van der Waals surface area contributed by atoms with Crippen LogP contribution >= 0.6 is 11.3 Å². The maximum Gasteiger partial charge on any atom is 0.348 e. The van der Waals surface area contributed by atoms with Gasteiger partial charge in [-0.1, -0.05) is 41.7 Å². The van der Waals surface area contributed by atoms with Crippen molar-refractivity contribution in [3.05, 3.63) is 91.8 Å². The Morgan fingerprint density at radius 2 is 1.85 bits per heavy atom. The van der Waals surface area contributed by atoms with E-state index in [0.717, 1.165) is 29.0 Å². The first-order valence-electron chi connectivity index (χ1n) is 7.85. The molecule has 138 valence electrons. The molecule has 0 fully saturated rings. The lowest BCUT2D eigenvalue weighted by atomic mass is 10.2. The summed E-state index contributed by atoms with van der Waals surface area (Å²) in [4.78, 5) is 28.9. The number of carbonyl (C=O) groups is 1. The Kier molecular flexibility index (Phi) is 5.56. The minimum atomic E-state index is -1.05. The first-order chi connectivity index (χ1) is 13.0. The van der Waals surface area contributed by atoms with Crippen LogP contribution in [0.1, 0.15) is 15.2 Å². The van der Waals surface area contributed by atoms with Crippen molar-refractivity contribution in [3.8, 4) is 0 Å². The minimum absolute atomic E-state index is 0.0631. The molecule has 5 nitrogen and oxygen atoms in total. The van der Waals surface area contributed by atoms with Gasteiger partial charge < -0.3 is 4.74 Å². The Bertz CT molecular complexity index is 1110. The van der Waals surface area contributed by atoms with Crippen molar-refractivity contribution in [2.75, 3.05) is 7.11 Å². The van der Waals surface area contributed by atoms with Gasteiger partial charge in [0.15, 0.2) is 16.4 Å². The fourth-order valence-corrected chi connectivity index (χ4v) is 3.27. The summed E-state index contributed by atoms with van der Waals surface area (Å²) >= 11 is 0.926. The number of nitrogens with zero attached hydrogens (tertiary/aromatic N) is 2. The second kappa shape index (κ2) is 8.05. The highest BCUT2D eigenvalue weighted by Gasteiger charge is 2.12. The van der Waals surface area contributed by atoms with Crippen molar-refractivity contribution in [1.29, 1.82) is 0 Å². The van der Waals surface area contributed by atoms with Crippen LogP contribution in [0, 0.1) is 11.6 Å². The number of hydrogen-bond donors (Lipinski definition) is 0. The standard InChI is InChI=1S/C19H14F2N2O3S/c1-26-18(25)16-10-17(24)23(11-12-5-3-2-4-6-12)19(27-16)22-13-7-8-14(20)15(21)9-13/h2-10H,11H2,1H3. The predicted molar refractivity (Wildman–Crippen MR) is 97.0 cm³/mol. The van der Waals surface area contributed by atoms with Gasteiger partial charge in [-0.25, -0.2) is 18.6 Å². The summed E-state index contributed by atoms with van der Waals surface area (Å²) in [7, 11) is 1.21. The van der Waals surface area contributed by atoms with Crippen molar-refractivity contribution >= 4 is 23.0 Å². The number of esters is 1. The number of benzene rings is 2. The summed E-state index contributed by atoms with van der Waals surface area (Å²) in [6.07, 6.45) is 0. The van der Waals surface area contributed by atoms with E-state index in [-0.39, 0.29) is 21.9 Å². The van der Waals surface area contributed by atoms with Crippen LogP contribution in [-0.2, 0) is 11.3 Å². The van der Waals surface area contributed by atoms with Gasteiger partial charge in [0.2, 0.25) is 0 Å². The molecule has 0 saturated carbocycles. The second-order valence-corrected chi connectivity index (χ2v) is 6.51. The summed E-state index contributed by atoms with van der Waals surface area (Å²) in [6.45, 7) is 0.208. The van der Waals surface area contributed by atoms with Crippen molar-refractivity contribution in [2.45, 2.75) is 6.54 Å². The summed E-state index contributed by atoms with van der Waals surface area (Å²) < 4.78 is 32.7. The molecule has 2 aromatic carbocycles. The number of halogens is 2. The minimum Gasteiger partial charge on any atom is -0.465 e. The Labute approximate surface area is 156 Å². The highest BCUT2D eigenvalue weighted by molar-refractivity contribution is 7.11. The van der Waals surface area contributed by atoms with E-state index in [1.54, 1.807) is 0 Å². The number of carbonyl (C=O) groups excluding carboxylic acids is 1. The third-order valence-corrected chi connectivity index (χ3v) is 4.65. The van der Waals surface area contributed by atoms with E-state index in [4.69, 9.17) is 0 Å². The van der Waals surface area contributed by atoms with Crippen LogP contribution in [0.25, 0.3) is 0 Å². The number of aromatic nitrogens is 1. The van der Waals surface area contributed by atoms with E-state index in [0.29, 0.717) is 0 Å². The number of hydrogen-bond acceptors (Lipinski definition) is 5. The Morgan fingerprint density at radius 1 is 1.11 bits per heavy atom. The highest BCUT2D eigenvalue weighted by atomic mass is 32.1. The average molecular weight is 388 g/mol. The van der Waals surface area contributed by atoms with Gasteiger partial charge in [-0.3, -0.25) is 9.36 Å². The maximum atomic E-state index is 13.5. The normalized spacial score (nSPS) is 11.4. The number of ether oxygens (including phenoxy) is 1. The van der Waals surface area contributed by atoms with Crippen LogP contribution in [0.3, 0.4) is 0 Å². The van der Waals surface area contributed by atoms with E-state index in [2.05, 4.69) is 9.73 Å². The Morgan fingerprint density at radius 3 is 2.52 bits per heavy atom. The molecule has 27 heavy (non-hydrogen) atoms. The summed E-state index contributed by atoms with van der Waals surface area (Å²) in [5, 5.41) is 0. The lowest BCUT2D eigenvalue weighted by molar-refractivity contribution is 0.0605. The number of rotatable bonds is 4. The van der Waals surface area contributed by atoms with Crippen molar-refractivity contribution in [3.63, 3.8) is 0 Å². The SMILES string of the molecule is COC(=O)c1cc(=O)n(Cc2ccccc2)c(=Nc2ccc(F)c(F)c2)s1. The fraction of sp³-hybridized carbons (Fsp3) is 0.105. The molecule has 0 aliphatic carbocycles. The summed E-state index contributed by atoms with van der Waals surface area (Å²) in [6, 6.07) is 13.5. The molecule has 0 atom stereocenters. The number of methoxy groups -OCH3 is 1. The van der Waals surface area contributed by atoms with Crippen LogP contribution in [-0.4, -0.2) is 17.6 Å². The zero-order valence-electron chi connectivity index (χ0n) is 14.2. The van der Waals surface area contributed by atoms with Gasteiger partial charge in [0.25, 0.3) is 5.56 Å². The molecule has 0 aliphatic heterocycles. The lowest BCUT2D eigenvalue weighted by Crippen LogP contribution is -2.33. The van der Waals surface area contributed by atoms with E-state index in [1.807, 2.05) is 30.3 Å². The van der Waals surface area contributed by atoms with Crippen molar-refractivity contribution in [1.82, 2.24) is 4.57 Å². The smallest absolute Gasteiger partial charge is 0.348 e. The predicted octanol–water partition coefficient (Wildman–Crippen LogP) is 3.26. The third-order valence-electron chi connectivity index (χ3n) is 3.65. The topological polar surface area (TPSA) is 60.7 Å². The summed E-state index contributed by atoms with van der Waals surface area (Å²) in [5.41, 5.74) is 0.507. The Balaban J connectivity index is 2.19. The molecule has 8 heteroatoms. The highest BCUT2D eigenvalue weighted by Crippen LogP contribution is 2.16. The van der Waals surface area contributed by atoms with Crippen molar-refractivity contribution in [2.24, 2.45) is 4.99 Å². The van der Waals surface area contributed by atoms with Crippen LogP contribution < -0.4 is 10.4 Å². The fourth-order valence-electron chi connectivity index (χ4n) is 2.33. The van der Waals surface area contributed by atoms with E-state index in [1.165, 1.54) is 23.8 Å². The largest absolute Gasteiger partial charge is 0.465 e. The molecule has 0 spiro atoms. The molecule has 1 heterocycles. The van der Waals surface area contributed by atoms with Gasteiger partial charge in [0.1, 0.15) is 4.88 Å². The van der Waals surface area contributed by atoms with Crippen LogP contribution in [0.5, 0.6) is 0 Å². The van der Waals surface area contributed by atoms with Gasteiger partial charge in [0, 0.05) is 12.1 Å². The molecule has 3 aromatic rings. The van der Waals surface area contributed by atoms with Crippen LogP contribution in [0.15, 0.2) is 64.4 Å². The van der Waals surface area contributed by atoms with Crippen LogP contribution in [0.2, 0.25) is 0 Å². The quantitative estimate of drug-likeness (QED) is 0.645. The molecule has 0 saturated heterocycles. The molecule has 1 aromatic heterocycles. The van der Waals surface area contributed by atoms with E-state index < -0.39 is 23.2 Å². The first kappa shape index (κ1) is 18.7. The van der Waals surface area contributed by atoms with E-state index in [9.17, 15) is 18.4 Å². The molecule has 0 unspecified atom stereocenters. The second-order valence-electron chi connectivity index (χ2n) is 5.51. The summed E-state index contributed by atoms with van der Waals surface area (Å²) in [5.74, 6) is -2.73. The van der Waals surface area contributed by atoms with Gasteiger partial charge in [-0.15, -0.1) is 0 Å². The zero-order chi connectivity index (χ0) is 19.4.